The molecular weight excluding hydrogens is 116 g/mol. The zero-order valence-corrected chi connectivity index (χ0v) is 3.72. The van der Waals surface area contributed by atoms with E-state index in [4.69, 9.17) is 7.61 Å². The molecule has 0 rings (SSSR count). The SMILES string of the molecule is [O]=[Cr](=[O])=[S]. The molecular formula is CrO2S. The molecule has 0 aromatic carbocycles. The maximum absolute atomic E-state index is 8.91. The van der Waals surface area contributed by atoms with Crippen LogP contribution in [0.3, 0.4) is 0 Å². The zero-order chi connectivity index (χ0) is 3.58. The van der Waals surface area contributed by atoms with E-state index in [1.807, 2.05) is 0 Å². The number of rotatable bonds is 0. The molecule has 24 valence electrons. The second-order valence-corrected chi connectivity index (χ2v) is 1.96. The van der Waals surface area contributed by atoms with Crippen LogP contribution in [0.1, 0.15) is 0 Å². The fraction of sp³-hybridized carbons (Fsp3) is 0. The minimum atomic E-state index is -2.96. The monoisotopic (exact) mass is 116 g/mol. The Balaban J connectivity index is 4.65. The van der Waals surface area contributed by atoms with Gasteiger partial charge in [-0.25, -0.2) is 0 Å². The van der Waals surface area contributed by atoms with Crippen LogP contribution in [0.15, 0.2) is 0 Å². The van der Waals surface area contributed by atoms with Crippen molar-refractivity contribution in [3.8, 4) is 0 Å². The van der Waals surface area contributed by atoms with Gasteiger partial charge in [0.2, 0.25) is 0 Å². The second kappa shape index (κ2) is 1.65. The van der Waals surface area contributed by atoms with Crippen LogP contribution in [0.4, 0.5) is 0 Å². The Bertz CT molecular complexity index is 75.4. The van der Waals surface area contributed by atoms with Gasteiger partial charge in [0.25, 0.3) is 0 Å². The molecule has 0 N–H and O–H groups in total. The van der Waals surface area contributed by atoms with E-state index in [0.717, 1.165) is 0 Å². The Kier molecular flexibility index (Phi) is 1.80. The molecule has 4 heavy (non-hydrogen) atoms. The molecule has 0 saturated heterocycles. The summed E-state index contributed by atoms with van der Waals surface area (Å²) >= 11 is -2.96. The van der Waals surface area contributed by atoms with Crippen molar-refractivity contribution in [1.29, 1.82) is 0 Å². The van der Waals surface area contributed by atoms with Gasteiger partial charge in [-0.05, 0) is 0 Å². The van der Waals surface area contributed by atoms with Gasteiger partial charge in [-0.1, -0.05) is 0 Å². The summed E-state index contributed by atoms with van der Waals surface area (Å²) in [4.78, 5) is 0. The third-order valence-electron chi connectivity index (χ3n) is 0. The molecule has 2 nitrogen and oxygen atoms in total. The van der Waals surface area contributed by atoms with E-state index >= 15 is 0 Å². The third-order valence-corrected chi connectivity index (χ3v) is 0. The molecule has 0 atom stereocenters. The van der Waals surface area contributed by atoms with Crippen LogP contribution in [-0.2, 0) is 20.0 Å². The van der Waals surface area contributed by atoms with E-state index in [1.54, 1.807) is 0 Å². The Morgan fingerprint density at radius 2 is 1.50 bits per heavy atom. The van der Waals surface area contributed by atoms with Crippen molar-refractivity contribution in [1.82, 2.24) is 0 Å². The molecule has 0 unspecified atom stereocenters. The normalized spacial score (nSPS) is 6.00. The quantitative estimate of drug-likeness (QED) is 0.459. The van der Waals surface area contributed by atoms with Crippen LogP contribution in [0.25, 0.3) is 0 Å². The van der Waals surface area contributed by atoms with Crippen molar-refractivity contribution < 1.29 is 20.0 Å². The molecule has 0 aliphatic rings. The van der Waals surface area contributed by atoms with E-state index in [-0.39, 0.29) is 0 Å². The number of hydrogen-bond donors (Lipinski definition) is 0. The first-order valence-electron chi connectivity index (χ1n) is 0.500. The van der Waals surface area contributed by atoms with Crippen molar-refractivity contribution in [2.75, 3.05) is 0 Å². The summed E-state index contributed by atoms with van der Waals surface area (Å²) in [5, 5.41) is 0. The predicted molar refractivity (Wildman–Crippen MR) is 8.96 cm³/mol. The first-order valence-corrected chi connectivity index (χ1v) is 3.44. The van der Waals surface area contributed by atoms with Crippen LogP contribution in [0.2, 0.25) is 0 Å². The van der Waals surface area contributed by atoms with Crippen LogP contribution < -0.4 is 0 Å². The average Bonchev–Trinajstić information content (AvgIpc) is 0.811. The first-order chi connectivity index (χ1) is 1.73. The van der Waals surface area contributed by atoms with Gasteiger partial charge in [0.15, 0.2) is 0 Å². The van der Waals surface area contributed by atoms with E-state index in [9.17, 15) is 0 Å². The first kappa shape index (κ1) is 4.35. The molecule has 0 heterocycles. The van der Waals surface area contributed by atoms with Crippen molar-refractivity contribution >= 4 is 10.5 Å². The molecule has 0 fully saturated rings. The van der Waals surface area contributed by atoms with Crippen molar-refractivity contribution in [2.24, 2.45) is 0 Å². The Hall–Kier alpha value is 0.352. The van der Waals surface area contributed by atoms with E-state index in [2.05, 4.69) is 10.5 Å². The van der Waals surface area contributed by atoms with Crippen LogP contribution in [-0.4, -0.2) is 0 Å². The average molecular weight is 116 g/mol. The van der Waals surface area contributed by atoms with E-state index in [0.29, 0.717) is 0 Å². The summed E-state index contributed by atoms with van der Waals surface area (Å²) in [6.07, 6.45) is 0. The summed E-state index contributed by atoms with van der Waals surface area (Å²) in [5.41, 5.74) is 0. The van der Waals surface area contributed by atoms with Gasteiger partial charge < -0.3 is 0 Å². The standard InChI is InChI=1S/Cr.2O.S. The molecule has 0 bridgehead atoms. The van der Waals surface area contributed by atoms with Crippen molar-refractivity contribution in [2.45, 2.75) is 0 Å². The fourth-order valence-electron chi connectivity index (χ4n) is 0. The van der Waals surface area contributed by atoms with E-state index < -0.39 is 12.4 Å². The summed E-state index contributed by atoms with van der Waals surface area (Å²) in [6, 6.07) is 0. The summed E-state index contributed by atoms with van der Waals surface area (Å²) in [6.45, 7) is 0. The second-order valence-electron chi connectivity index (χ2n) is 0.204. The minimum absolute atomic E-state index is 2.96. The van der Waals surface area contributed by atoms with Gasteiger partial charge in [0.1, 0.15) is 0 Å². The Morgan fingerprint density at radius 3 is 1.50 bits per heavy atom. The Labute approximate surface area is 31.1 Å². The summed E-state index contributed by atoms with van der Waals surface area (Å²) < 4.78 is 17.8. The van der Waals surface area contributed by atoms with Gasteiger partial charge in [-0.2, -0.15) is 0 Å². The molecule has 0 radical (unpaired) electrons. The van der Waals surface area contributed by atoms with Crippen LogP contribution in [0, 0.1) is 0 Å². The molecule has 0 amide bonds. The summed E-state index contributed by atoms with van der Waals surface area (Å²) in [7, 11) is 3.63. The van der Waals surface area contributed by atoms with E-state index in [1.165, 1.54) is 0 Å². The van der Waals surface area contributed by atoms with Crippen LogP contribution in [0.5, 0.6) is 0 Å². The topological polar surface area (TPSA) is 34.1 Å². The van der Waals surface area contributed by atoms with Gasteiger partial charge >= 0.3 is 30.5 Å². The molecule has 0 aliphatic carbocycles. The molecule has 4 heteroatoms. The van der Waals surface area contributed by atoms with Gasteiger partial charge in [0.05, 0.1) is 0 Å². The molecule has 0 saturated carbocycles. The molecule has 0 aromatic rings. The van der Waals surface area contributed by atoms with Crippen molar-refractivity contribution in [3.05, 3.63) is 0 Å². The van der Waals surface area contributed by atoms with Crippen molar-refractivity contribution in [3.63, 3.8) is 0 Å². The molecule has 0 aromatic heterocycles. The molecule has 0 aliphatic heterocycles. The van der Waals surface area contributed by atoms with Gasteiger partial charge in [-0.15, -0.1) is 0 Å². The molecule has 0 spiro atoms. The maximum atomic E-state index is 8.91. The predicted octanol–water partition coefficient (Wildman–Crippen LogP) is 0.408. The summed E-state index contributed by atoms with van der Waals surface area (Å²) in [5.74, 6) is 0. The van der Waals surface area contributed by atoms with Gasteiger partial charge in [-0.3, -0.25) is 0 Å². The van der Waals surface area contributed by atoms with Gasteiger partial charge in [0, 0.05) is 0 Å². The number of hydrogen-bond acceptors (Lipinski definition) is 3. The Morgan fingerprint density at radius 1 is 1.50 bits per heavy atom. The van der Waals surface area contributed by atoms with Crippen LogP contribution >= 0.6 is 10.5 Å². The zero-order valence-electron chi connectivity index (χ0n) is 1.63. The fourth-order valence-corrected chi connectivity index (χ4v) is 0. The third kappa shape index (κ3) is 34.6.